The molecular formula is C26H41NO4. The smallest absolute Gasteiger partial charge is 0.323 e. The lowest BCUT2D eigenvalue weighted by Gasteiger charge is -2.40. The van der Waals surface area contributed by atoms with E-state index in [2.05, 4.69) is 30.0 Å². The van der Waals surface area contributed by atoms with E-state index in [-0.39, 0.29) is 17.4 Å². The van der Waals surface area contributed by atoms with Gasteiger partial charge in [-0.25, -0.2) is 0 Å². The highest BCUT2D eigenvalue weighted by atomic mass is 16.6. The molecule has 1 atom stereocenters. The fourth-order valence-electron chi connectivity index (χ4n) is 4.63. The van der Waals surface area contributed by atoms with Gasteiger partial charge in [-0.1, -0.05) is 38.7 Å². The van der Waals surface area contributed by atoms with E-state index in [4.69, 9.17) is 14.2 Å². The lowest BCUT2D eigenvalue weighted by molar-refractivity contribution is -0.161. The second-order valence-corrected chi connectivity index (χ2v) is 10.2. The Morgan fingerprint density at radius 3 is 2.55 bits per heavy atom. The lowest BCUT2D eigenvalue weighted by atomic mass is 9.74. The fourth-order valence-corrected chi connectivity index (χ4v) is 4.63. The average Bonchev–Trinajstić information content (AvgIpc) is 3.07. The van der Waals surface area contributed by atoms with Gasteiger partial charge >= 0.3 is 5.97 Å². The first-order chi connectivity index (χ1) is 14.7. The van der Waals surface area contributed by atoms with Gasteiger partial charge in [-0.15, -0.1) is 0 Å². The molecule has 1 aromatic carbocycles. The summed E-state index contributed by atoms with van der Waals surface area (Å²) in [6.07, 6.45) is 8.18. The number of unbranched alkanes of at least 4 members (excludes halogenated alkanes) is 4. The third-order valence-corrected chi connectivity index (χ3v) is 6.60. The van der Waals surface area contributed by atoms with Crippen molar-refractivity contribution in [2.45, 2.75) is 96.6 Å². The van der Waals surface area contributed by atoms with Crippen molar-refractivity contribution in [2.75, 3.05) is 26.3 Å². The SMILES string of the molecule is CCCCCCCOc1ccc2c(c1)OCC21CCN(C(C)C(=O)OC(C)(C)C)CC1. The number of likely N-dealkylation sites (tertiary alicyclic amines) is 1. The maximum Gasteiger partial charge on any atom is 0.323 e. The minimum Gasteiger partial charge on any atom is -0.493 e. The average molecular weight is 432 g/mol. The van der Waals surface area contributed by atoms with E-state index in [1.807, 2.05) is 27.7 Å². The molecule has 2 heterocycles. The molecule has 31 heavy (non-hydrogen) atoms. The van der Waals surface area contributed by atoms with Gasteiger partial charge in [0.15, 0.2) is 0 Å². The zero-order valence-corrected chi connectivity index (χ0v) is 20.2. The van der Waals surface area contributed by atoms with E-state index in [9.17, 15) is 4.79 Å². The number of hydrogen-bond donors (Lipinski definition) is 0. The third-order valence-electron chi connectivity index (χ3n) is 6.60. The lowest BCUT2D eigenvalue weighted by Crippen LogP contribution is -2.50. The highest BCUT2D eigenvalue weighted by Gasteiger charge is 2.44. The van der Waals surface area contributed by atoms with Crippen LogP contribution in [0.25, 0.3) is 0 Å². The summed E-state index contributed by atoms with van der Waals surface area (Å²) in [7, 11) is 0. The Morgan fingerprint density at radius 1 is 1.16 bits per heavy atom. The molecule has 2 aliphatic heterocycles. The van der Waals surface area contributed by atoms with E-state index >= 15 is 0 Å². The van der Waals surface area contributed by atoms with Crippen molar-refractivity contribution in [3.63, 3.8) is 0 Å². The maximum atomic E-state index is 12.5. The van der Waals surface area contributed by atoms with Gasteiger partial charge in [-0.2, -0.15) is 0 Å². The summed E-state index contributed by atoms with van der Waals surface area (Å²) in [4.78, 5) is 14.7. The molecule has 0 saturated carbocycles. The van der Waals surface area contributed by atoms with Gasteiger partial charge in [-0.3, -0.25) is 9.69 Å². The highest BCUT2D eigenvalue weighted by molar-refractivity contribution is 5.75. The van der Waals surface area contributed by atoms with Gasteiger partial charge < -0.3 is 14.2 Å². The summed E-state index contributed by atoms with van der Waals surface area (Å²) in [5, 5.41) is 0. The molecule has 3 rings (SSSR count). The Kier molecular flexibility index (Phi) is 7.90. The van der Waals surface area contributed by atoms with Crippen molar-refractivity contribution in [1.29, 1.82) is 0 Å². The molecule has 174 valence electrons. The molecule has 0 N–H and O–H groups in total. The Balaban J connectivity index is 1.53. The van der Waals surface area contributed by atoms with Crippen LogP contribution < -0.4 is 9.47 Å². The van der Waals surface area contributed by atoms with Gasteiger partial charge in [0.1, 0.15) is 23.1 Å². The molecule has 1 saturated heterocycles. The van der Waals surface area contributed by atoms with Crippen molar-refractivity contribution >= 4 is 5.97 Å². The van der Waals surface area contributed by atoms with Crippen molar-refractivity contribution in [2.24, 2.45) is 0 Å². The van der Waals surface area contributed by atoms with Crippen LogP contribution in [0, 0.1) is 0 Å². The number of carbonyl (C=O) groups is 1. The number of carbonyl (C=O) groups excluding carboxylic acids is 1. The van der Waals surface area contributed by atoms with Crippen molar-refractivity contribution in [3.8, 4) is 11.5 Å². The topological polar surface area (TPSA) is 48.0 Å². The molecule has 5 nitrogen and oxygen atoms in total. The second kappa shape index (κ2) is 10.2. The predicted octanol–water partition coefficient (Wildman–Crippen LogP) is 5.49. The quantitative estimate of drug-likeness (QED) is 0.382. The van der Waals surface area contributed by atoms with E-state index in [1.165, 1.54) is 31.2 Å². The highest BCUT2D eigenvalue weighted by Crippen LogP contribution is 2.47. The van der Waals surface area contributed by atoms with E-state index < -0.39 is 5.60 Å². The molecule has 1 aromatic rings. The number of piperidine rings is 1. The fraction of sp³-hybridized carbons (Fsp3) is 0.731. The number of nitrogens with zero attached hydrogens (tertiary/aromatic N) is 1. The summed E-state index contributed by atoms with van der Waals surface area (Å²) in [5.41, 5.74) is 0.904. The standard InChI is InChI=1S/C26H41NO4/c1-6-7-8-9-10-17-29-21-11-12-22-23(18-21)30-19-26(22)13-15-27(16-14-26)20(2)24(28)31-25(3,4)5/h11-12,18,20H,6-10,13-17,19H2,1-5H3. The number of ether oxygens (including phenoxy) is 3. The minimum absolute atomic E-state index is 0.0537. The molecule has 0 aliphatic carbocycles. The number of benzene rings is 1. The molecule has 1 unspecified atom stereocenters. The molecule has 0 radical (unpaired) electrons. The predicted molar refractivity (Wildman–Crippen MR) is 124 cm³/mol. The van der Waals surface area contributed by atoms with Gasteiger partial charge in [-0.05, 0) is 66.1 Å². The first-order valence-electron chi connectivity index (χ1n) is 12.1. The van der Waals surface area contributed by atoms with E-state index in [1.54, 1.807) is 0 Å². The number of rotatable bonds is 9. The van der Waals surface area contributed by atoms with Gasteiger partial charge in [0, 0.05) is 17.0 Å². The third kappa shape index (κ3) is 6.15. The number of esters is 1. The molecular weight excluding hydrogens is 390 g/mol. The van der Waals surface area contributed by atoms with Crippen LogP contribution in [-0.4, -0.2) is 48.8 Å². The molecule has 0 amide bonds. The van der Waals surface area contributed by atoms with Crippen molar-refractivity contribution < 1.29 is 19.0 Å². The Morgan fingerprint density at radius 2 is 1.87 bits per heavy atom. The molecule has 0 aromatic heterocycles. The Bertz CT molecular complexity index is 731. The van der Waals surface area contributed by atoms with Crippen LogP contribution in [0.4, 0.5) is 0 Å². The van der Waals surface area contributed by atoms with Crippen molar-refractivity contribution in [1.82, 2.24) is 4.90 Å². The van der Waals surface area contributed by atoms with Gasteiger partial charge in [0.2, 0.25) is 0 Å². The summed E-state index contributed by atoms with van der Waals surface area (Å²) >= 11 is 0. The van der Waals surface area contributed by atoms with Gasteiger partial charge in [0.05, 0.1) is 13.2 Å². The Hall–Kier alpha value is -1.75. The molecule has 1 spiro atoms. The molecule has 5 heteroatoms. The van der Waals surface area contributed by atoms with Crippen LogP contribution in [0.3, 0.4) is 0 Å². The van der Waals surface area contributed by atoms with E-state index in [0.29, 0.717) is 0 Å². The largest absolute Gasteiger partial charge is 0.493 e. The molecule has 2 aliphatic rings. The van der Waals surface area contributed by atoms with Crippen LogP contribution >= 0.6 is 0 Å². The first-order valence-corrected chi connectivity index (χ1v) is 12.1. The molecule has 0 bridgehead atoms. The van der Waals surface area contributed by atoms with Crippen LogP contribution in [0.15, 0.2) is 18.2 Å². The maximum absolute atomic E-state index is 12.5. The van der Waals surface area contributed by atoms with Crippen LogP contribution in [0.5, 0.6) is 11.5 Å². The van der Waals surface area contributed by atoms with Gasteiger partial charge in [0.25, 0.3) is 0 Å². The normalized spacial score (nSPS) is 19.0. The zero-order chi connectivity index (χ0) is 22.5. The summed E-state index contributed by atoms with van der Waals surface area (Å²) in [6, 6.07) is 6.14. The second-order valence-electron chi connectivity index (χ2n) is 10.2. The summed E-state index contributed by atoms with van der Waals surface area (Å²) < 4.78 is 17.7. The monoisotopic (exact) mass is 431 g/mol. The van der Waals surface area contributed by atoms with Crippen LogP contribution in [0.2, 0.25) is 0 Å². The zero-order valence-electron chi connectivity index (χ0n) is 20.2. The van der Waals surface area contributed by atoms with Crippen LogP contribution in [-0.2, 0) is 14.9 Å². The van der Waals surface area contributed by atoms with Crippen molar-refractivity contribution in [3.05, 3.63) is 23.8 Å². The molecule has 1 fully saturated rings. The number of hydrogen-bond acceptors (Lipinski definition) is 5. The Labute approximate surface area is 188 Å². The van der Waals surface area contributed by atoms with E-state index in [0.717, 1.165) is 57.1 Å². The van der Waals surface area contributed by atoms with Crippen LogP contribution in [0.1, 0.15) is 85.1 Å². The summed E-state index contributed by atoms with van der Waals surface area (Å²) in [5.74, 6) is 1.74. The minimum atomic E-state index is -0.449. The number of fused-ring (bicyclic) bond motifs is 2. The first kappa shape index (κ1) is 23.9. The summed E-state index contributed by atoms with van der Waals surface area (Å²) in [6.45, 7) is 13.2.